The topological polar surface area (TPSA) is 35.9 Å². The molecule has 0 spiro atoms. The molecule has 0 saturated carbocycles. The van der Waals surface area contributed by atoms with E-state index in [0.29, 0.717) is 18.1 Å². The van der Waals surface area contributed by atoms with Crippen LogP contribution in [0.1, 0.15) is 79.4 Å². The van der Waals surface area contributed by atoms with Crippen molar-refractivity contribution in [3.63, 3.8) is 0 Å². The molecule has 178 valence electrons. The maximum absolute atomic E-state index is 12.6. The van der Waals surface area contributed by atoms with Gasteiger partial charge in [-0.2, -0.15) is 5.10 Å². The normalized spacial score (nSPS) is 19.4. The van der Waals surface area contributed by atoms with E-state index < -0.39 is 0 Å². The summed E-state index contributed by atoms with van der Waals surface area (Å²) in [6.45, 7) is 10.9. The molecule has 0 saturated heterocycles. The summed E-state index contributed by atoms with van der Waals surface area (Å²) in [5.74, 6) is 0.831. The van der Waals surface area contributed by atoms with Gasteiger partial charge in [-0.05, 0) is 111 Å². The lowest BCUT2D eigenvalue weighted by atomic mass is 9.86. The van der Waals surface area contributed by atoms with Gasteiger partial charge in [-0.15, -0.1) is 0 Å². The van der Waals surface area contributed by atoms with Gasteiger partial charge < -0.3 is 4.90 Å². The van der Waals surface area contributed by atoms with Crippen molar-refractivity contribution in [3.8, 4) is 11.1 Å². The highest BCUT2D eigenvalue weighted by Crippen LogP contribution is 2.45. The lowest BCUT2D eigenvalue weighted by Crippen LogP contribution is -2.25. The van der Waals surface area contributed by atoms with Crippen LogP contribution in [-0.2, 0) is 12.8 Å². The van der Waals surface area contributed by atoms with Crippen LogP contribution in [0.4, 0.5) is 5.69 Å². The zero-order valence-corrected chi connectivity index (χ0v) is 20.9. The number of hydrogen-bond donors (Lipinski definition) is 0. The Morgan fingerprint density at radius 2 is 1.88 bits per heavy atom. The third kappa shape index (κ3) is 4.36. The second-order valence-corrected chi connectivity index (χ2v) is 10.0. The first-order valence-electron chi connectivity index (χ1n) is 13.1. The molecule has 4 nitrogen and oxygen atoms in total. The van der Waals surface area contributed by atoms with Crippen molar-refractivity contribution in [2.75, 3.05) is 31.2 Å². The Morgan fingerprint density at radius 1 is 1.03 bits per heavy atom. The predicted molar refractivity (Wildman–Crippen MR) is 142 cm³/mol. The molecule has 0 bridgehead atoms. The fourth-order valence-electron chi connectivity index (χ4n) is 5.94. The molecule has 34 heavy (non-hydrogen) atoms. The molecule has 1 heterocycles. The van der Waals surface area contributed by atoms with Crippen LogP contribution < -0.4 is 5.01 Å². The third-order valence-electron chi connectivity index (χ3n) is 8.08. The molecule has 1 atom stereocenters. The number of ketones is 1. The molecule has 2 aromatic carbocycles. The number of carbonyl (C=O) groups is 1. The van der Waals surface area contributed by atoms with E-state index in [1.807, 2.05) is 6.21 Å². The molecule has 3 aliphatic rings. The van der Waals surface area contributed by atoms with Crippen molar-refractivity contribution < 1.29 is 4.79 Å². The highest BCUT2D eigenvalue weighted by molar-refractivity contribution is 6.03. The van der Waals surface area contributed by atoms with Crippen molar-refractivity contribution in [3.05, 3.63) is 64.2 Å². The second-order valence-electron chi connectivity index (χ2n) is 10.0. The van der Waals surface area contributed by atoms with E-state index in [4.69, 9.17) is 5.10 Å². The summed E-state index contributed by atoms with van der Waals surface area (Å²) in [6, 6.07) is 11.3. The molecule has 2 aliphatic carbocycles. The predicted octanol–water partition coefficient (Wildman–Crippen LogP) is 6.39. The van der Waals surface area contributed by atoms with Crippen LogP contribution in [0, 0.1) is 0 Å². The van der Waals surface area contributed by atoms with Crippen molar-refractivity contribution in [2.24, 2.45) is 5.10 Å². The van der Waals surface area contributed by atoms with Crippen LogP contribution in [0.2, 0.25) is 0 Å². The molecule has 5 rings (SSSR count). The lowest BCUT2D eigenvalue weighted by Gasteiger charge is -2.25. The average Bonchev–Trinajstić information content (AvgIpc) is 3.01. The van der Waals surface area contributed by atoms with E-state index in [1.165, 1.54) is 46.2 Å². The first-order valence-corrected chi connectivity index (χ1v) is 13.1. The van der Waals surface area contributed by atoms with Gasteiger partial charge in [-0.25, -0.2) is 0 Å². The molecule has 2 aromatic rings. The number of hydrogen-bond acceptors (Lipinski definition) is 4. The molecule has 1 aliphatic heterocycles. The summed E-state index contributed by atoms with van der Waals surface area (Å²) in [7, 11) is 0. The van der Waals surface area contributed by atoms with Gasteiger partial charge in [0, 0.05) is 24.7 Å². The fourth-order valence-corrected chi connectivity index (χ4v) is 5.94. The Hall–Kier alpha value is -2.72. The molecule has 0 N–H and O–H groups in total. The smallest absolute Gasteiger partial charge is 0.163 e. The Kier molecular flexibility index (Phi) is 6.69. The van der Waals surface area contributed by atoms with E-state index >= 15 is 0 Å². The van der Waals surface area contributed by atoms with Gasteiger partial charge in [-0.1, -0.05) is 37.6 Å². The number of aryl methyl sites for hydroxylation is 1. The fraction of sp³-hybridized carbons (Fsp3) is 0.467. The van der Waals surface area contributed by atoms with Crippen molar-refractivity contribution in [1.82, 2.24) is 4.90 Å². The largest absolute Gasteiger partial charge is 0.304 e. The molecular weight excluding hydrogens is 418 g/mol. The van der Waals surface area contributed by atoms with Gasteiger partial charge in [0.1, 0.15) is 0 Å². The van der Waals surface area contributed by atoms with Gasteiger partial charge in [0.2, 0.25) is 0 Å². The quantitative estimate of drug-likeness (QED) is 0.507. The number of rotatable bonds is 6. The summed E-state index contributed by atoms with van der Waals surface area (Å²) in [5.41, 5.74) is 10.3. The summed E-state index contributed by atoms with van der Waals surface area (Å²) in [4.78, 5) is 15.1. The zero-order valence-electron chi connectivity index (χ0n) is 20.9. The van der Waals surface area contributed by atoms with Crippen LogP contribution in [0.5, 0.6) is 0 Å². The minimum atomic E-state index is 0.302. The lowest BCUT2D eigenvalue weighted by molar-refractivity contribution is 0.0994. The Morgan fingerprint density at radius 3 is 2.71 bits per heavy atom. The van der Waals surface area contributed by atoms with E-state index in [-0.39, 0.29) is 0 Å². The number of anilines is 1. The van der Waals surface area contributed by atoms with Crippen molar-refractivity contribution in [2.45, 2.75) is 65.2 Å². The van der Waals surface area contributed by atoms with Gasteiger partial charge >= 0.3 is 0 Å². The zero-order chi connectivity index (χ0) is 23.7. The van der Waals surface area contributed by atoms with Gasteiger partial charge in [0.15, 0.2) is 5.78 Å². The molecule has 1 unspecified atom stereocenters. The number of allylic oxidation sites excluding steroid dienone is 1. The molecule has 0 amide bonds. The second kappa shape index (κ2) is 9.87. The van der Waals surface area contributed by atoms with Gasteiger partial charge in [0.05, 0.1) is 5.69 Å². The maximum atomic E-state index is 12.6. The number of benzene rings is 2. The molecule has 0 radical (unpaired) electrons. The average molecular weight is 456 g/mol. The SMILES string of the molecule is CCN(CC)CCC1CCc2ccc3c(c2-c2cc(N4CCC(C)=CC=N4)ccc21)CCC3=O. The van der Waals surface area contributed by atoms with Crippen LogP contribution in [0.3, 0.4) is 0 Å². The Labute approximate surface area is 204 Å². The number of fused-ring (bicyclic) bond motifs is 5. The van der Waals surface area contributed by atoms with E-state index in [2.05, 4.69) is 67.1 Å². The first kappa shape index (κ1) is 23.0. The van der Waals surface area contributed by atoms with Crippen molar-refractivity contribution >= 4 is 17.7 Å². The molecule has 4 heteroatoms. The number of nitrogens with zero attached hydrogens (tertiary/aromatic N) is 3. The summed E-state index contributed by atoms with van der Waals surface area (Å²) in [5, 5.41) is 6.86. The molecular formula is C30H37N3O. The van der Waals surface area contributed by atoms with Crippen LogP contribution in [0.15, 0.2) is 47.1 Å². The van der Waals surface area contributed by atoms with Crippen LogP contribution in [-0.4, -0.2) is 43.1 Å². The minimum Gasteiger partial charge on any atom is -0.304 e. The Bertz CT molecular complexity index is 1140. The molecule has 0 fully saturated rings. The van der Waals surface area contributed by atoms with E-state index in [0.717, 1.165) is 56.7 Å². The summed E-state index contributed by atoms with van der Waals surface area (Å²) >= 11 is 0. The first-order chi connectivity index (χ1) is 16.6. The number of hydrazone groups is 1. The van der Waals surface area contributed by atoms with Gasteiger partial charge in [-0.3, -0.25) is 9.80 Å². The summed E-state index contributed by atoms with van der Waals surface area (Å²) < 4.78 is 0. The molecule has 0 aromatic heterocycles. The van der Waals surface area contributed by atoms with Crippen LogP contribution >= 0.6 is 0 Å². The summed E-state index contributed by atoms with van der Waals surface area (Å²) in [6.07, 6.45) is 9.99. The number of Topliss-reactive ketones (excluding diaryl/α,β-unsaturated/α-hetero) is 1. The van der Waals surface area contributed by atoms with Crippen LogP contribution in [0.25, 0.3) is 11.1 Å². The monoisotopic (exact) mass is 455 g/mol. The maximum Gasteiger partial charge on any atom is 0.163 e. The highest BCUT2D eigenvalue weighted by atomic mass is 16.1. The Balaban J connectivity index is 1.59. The van der Waals surface area contributed by atoms with E-state index in [9.17, 15) is 4.79 Å². The third-order valence-corrected chi connectivity index (χ3v) is 8.08. The standard InChI is InChI=1S/C30H37N3O/c1-4-32(5-2)18-16-22-6-7-23-8-10-26-27(12-13-29(26)34)30(23)28-20-24(9-11-25(22)28)33-19-15-21(3)14-17-31-33/h8-11,14,17,20,22H,4-7,12-13,15-16,18-19H2,1-3H3. The highest BCUT2D eigenvalue weighted by Gasteiger charge is 2.30. The van der Waals surface area contributed by atoms with Crippen molar-refractivity contribution in [1.29, 1.82) is 0 Å². The minimum absolute atomic E-state index is 0.302. The van der Waals surface area contributed by atoms with Gasteiger partial charge in [0.25, 0.3) is 0 Å². The number of carbonyl (C=O) groups excluding carboxylic acids is 1. The van der Waals surface area contributed by atoms with E-state index in [1.54, 1.807) is 0 Å².